The fraction of sp³-hybridized carbons (Fsp3) is 0.688. The minimum absolute atomic E-state index is 0.0793. The molecule has 0 aliphatic rings. The average molecular weight is 1590 g/mol. The summed E-state index contributed by atoms with van der Waals surface area (Å²) >= 11 is 0. The summed E-state index contributed by atoms with van der Waals surface area (Å²) in [6, 6.07) is 0. The van der Waals surface area contributed by atoms with Gasteiger partial charge >= 0.3 is 33.6 Å². The molecule has 0 aromatic heterocycles. The molecule has 4 N–H and O–H groups in total. The highest BCUT2D eigenvalue weighted by molar-refractivity contribution is 7.47. The van der Waals surface area contributed by atoms with Crippen LogP contribution in [0.15, 0.2) is 158 Å². The first-order chi connectivity index (χ1) is 54.2. The Morgan fingerprint density at radius 2 is 0.477 bits per heavy atom. The average Bonchev–Trinajstić information content (AvgIpc) is 0.902. The van der Waals surface area contributed by atoms with Crippen molar-refractivity contribution in [2.24, 2.45) is 0 Å². The third-order valence-electron chi connectivity index (χ3n) is 18.2. The quantitative estimate of drug-likeness (QED) is 0.0146. The number of esters is 3. The van der Waals surface area contributed by atoms with Gasteiger partial charge in [-0.3, -0.25) is 32.5 Å². The van der Waals surface area contributed by atoms with Gasteiger partial charge in [0.2, 0.25) is 0 Å². The fourth-order valence-electron chi connectivity index (χ4n) is 11.6. The van der Waals surface area contributed by atoms with Gasteiger partial charge in [-0.1, -0.05) is 339 Å². The van der Waals surface area contributed by atoms with Crippen LogP contribution in [0.3, 0.4) is 0 Å². The number of rotatable bonds is 82. The summed E-state index contributed by atoms with van der Waals surface area (Å²) in [6.07, 6.45) is 107. The lowest BCUT2D eigenvalue weighted by molar-refractivity contribution is -0.161. The molecular weight excluding hydrogens is 1430 g/mol. The molecule has 0 aromatic carbocycles. The Hall–Kier alpha value is -4.83. The maximum atomic E-state index is 13.0. The first-order valence-corrected chi connectivity index (χ1v) is 46.8. The minimum atomic E-state index is -4.95. The van der Waals surface area contributed by atoms with Crippen LogP contribution in [0, 0.1) is 0 Å². The number of aliphatic hydroxyl groups excluding tert-OH is 2. The van der Waals surface area contributed by atoms with E-state index in [9.17, 15) is 43.5 Å². The van der Waals surface area contributed by atoms with Crippen LogP contribution in [-0.2, 0) is 55.8 Å². The predicted octanol–water partition coefficient (Wildman–Crippen LogP) is 26.5. The smallest absolute Gasteiger partial charge is 0.463 e. The first-order valence-electron chi connectivity index (χ1n) is 43.8. The second-order valence-electron chi connectivity index (χ2n) is 29.0. The fourth-order valence-corrected chi connectivity index (χ4v) is 13.2. The summed E-state index contributed by atoms with van der Waals surface area (Å²) in [5.74, 6) is -1.62. The number of unbranched alkanes of at least 4 members (excludes halogenated alkanes) is 33. The highest BCUT2D eigenvalue weighted by Crippen LogP contribution is 2.45. The van der Waals surface area contributed by atoms with Gasteiger partial charge in [0.15, 0.2) is 6.10 Å². The van der Waals surface area contributed by atoms with Crippen molar-refractivity contribution in [3.05, 3.63) is 158 Å². The maximum absolute atomic E-state index is 13.0. The van der Waals surface area contributed by atoms with Gasteiger partial charge in [0, 0.05) is 19.3 Å². The van der Waals surface area contributed by atoms with Gasteiger partial charge in [-0.05, 0) is 154 Å². The van der Waals surface area contributed by atoms with E-state index in [1.165, 1.54) is 135 Å². The Balaban J connectivity index is 4.56. The Morgan fingerprint density at radius 1 is 0.261 bits per heavy atom. The molecule has 0 saturated carbocycles. The van der Waals surface area contributed by atoms with Gasteiger partial charge < -0.3 is 34.2 Å². The molecule has 0 rings (SSSR count). The number of hydrogen-bond acceptors (Lipinski definition) is 14. The number of ether oxygens (including phenoxy) is 3. The Morgan fingerprint density at radius 3 is 0.757 bits per heavy atom. The molecule has 0 fully saturated rings. The number of phosphoric ester groups is 2. The molecule has 111 heavy (non-hydrogen) atoms. The number of aliphatic hydroxyl groups is 2. The van der Waals surface area contributed by atoms with Crippen molar-refractivity contribution in [3.63, 3.8) is 0 Å². The largest absolute Gasteiger partial charge is 0.472 e. The van der Waals surface area contributed by atoms with Crippen LogP contribution >= 0.6 is 15.6 Å². The molecule has 5 atom stereocenters. The lowest BCUT2D eigenvalue weighted by atomic mass is 10.0. The van der Waals surface area contributed by atoms with Crippen LogP contribution in [0.25, 0.3) is 0 Å². The van der Waals surface area contributed by atoms with Crippen molar-refractivity contribution in [2.75, 3.05) is 39.6 Å². The van der Waals surface area contributed by atoms with Crippen molar-refractivity contribution in [1.29, 1.82) is 0 Å². The molecular formula is C93H158O16P2. The van der Waals surface area contributed by atoms with Crippen molar-refractivity contribution in [2.45, 2.75) is 373 Å². The van der Waals surface area contributed by atoms with Gasteiger partial charge in [-0.2, -0.15) is 0 Å². The van der Waals surface area contributed by atoms with Crippen LogP contribution in [-0.4, -0.2) is 95.9 Å². The summed E-state index contributed by atoms with van der Waals surface area (Å²) in [5, 5.41) is 20.7. The second-order valence-corrected chi connectivity index (χ2v) is 31.9. The zero-order valence-corrected chi connectivity index (χ0v) is 71.6. The van der Waals surface area contributed by atoms with E-state index >= 15 is 0 Å². The number of carbonyl (C=O) groups is 3. The van der Waals surface area contributed by atoms with Gasteiger partial charge in [-0.15, -0.1) is 0 Å². The summed E-state index contributed by atoms with van der Waals surface area (Å²) < 4.78 is 61.3. The topological polar surface area (TPSA) is 231 Å². The monoisotopic (exact) mass is 1590 g/mol. The number of hydrogen-bond donors (Lipinski definition) is 4. The number of allylic oxidation sites excluding steroid dienone is 26. The lowest BCUT2D eigenvalue weighted by Crippen LogP contribution is -2.30. The molecule has 0 bridgehead atoms. The van der Waals surface area contributed by atoms with E-state index in [1.54, 1.807) is 0 Å². The van der Waals surface area contributed by atoms with Gasteiger partial charge in [-0.25, -0.2) is 9.13 Å². The molecule has 0 aliphatic carbocycles. The zero-order valence-electron chi connectivity index (χ0n) is 69.8. The molecule has 0 spiro atoms. The SMILES string of the molecule is CC/C=C\C/C=C\C/C=C\C/C=C\C/C=C\C/C=C\CCCCCCC(=O)OCC(COP(=O)(O)OCC(O)COP(=O)(O)OCC(O)COC(=O)CCCCCCCCCCCCCCCCCCC/C=C\C/C=C\C/C=C\C/C=C\CCCCC)OC(=O)CCCCCCCC/C=C\C/C=C\C/C=C\CCCCC. The zero-order chi connectivity index (χ0) is 80.8. The van der Waals surface area contributed by atoms with Gasteiger partial charge in [0.05, 0.1) is 26.4 Å². The van der Waals surface area contributed by atoms with E-state index in [1.807, 2.05) is 0 Å². The first kappa shape index (κ1) is 106. The van der Waals surface area contributed by atoms with Gasteiger partial charge in [0.1, 0.15) is 25.4 Å². The molecule has 0 amide bonds. The summed E-state index contributed by atoms with van der Waals surface area (Å²) in [7, 11) is -9.82. The number of phosphoric acid groups is 2. The molecule has 636 valence electrons. The molecule has 16 nitrogen and oxygen atoms in total. The third kappa shape index (κ3) is 85.9. The van der Waals surface area contributed by atoms with E-state index in [0.717, 1.165) is 161 Å². The van der Waals surface area contributed by atoms with E-state index in [4.69, 9.17) is 32.3 Å². The highest BCUT2D eigenvalue weighted by atomic mass is 31.2. The molecule has 0 heterocycles. The number of carbonyl (C=O) groups excluding carboxylic acids is 3. The van der Waals surface area contributed by atoms with Crippen LogP contribution in [0.2, 0.25) is 0 Å². The summed E-state index contributed by atoms with van der Waals surface area (Å²) in [5.41, 5.74) is 0. The van der Waals surface area contributed by atoms with Crippen molar-refractivity contribution in [1.82, 2.24) is 0 Å². The molecule has 18 heteroatoms. The maximum Gasteiger partial charge on any atom is 0.472 e. The molecule has 0 aromatic rings. The highest BCUT2D eigenvalue weighted by Gasteiger charge is 2.29. The molecule has 0 radical (unpaired) electrons. The van der Waals surface area contributed by atoms with E-state index in [-0.39, 0.29) is 19.3 Å². The lowest BCUT2D eigenvalue weighted by Gasteiger charge is -2.21. The van der Waals surface area contributed by atoms with Gasteiger partial charge in [0.25, 0.3) is 0 Å². The Bertz CT molecular complexity index is 2650. The standard InChI is InChI=1S/C93H158O16P2/c1-4-7-10-13-16-19-22-25-28-31-34-36-38-39-40-41-42-43-44-45-46-47-49-51-53-55-58-61-64-67-70-73-76-79-91(96)103-82-88(94)83-105-110(99,100)106-84-89(95)85-107-111(101,102)108-87-90(109-93(98)81-78-75-72-69-66-63-60-57-52-33-30-27-24-21-18-15-12-9-6-3)86-104-92(97)80-77-74-71-68-65-62-59-56-54-50-48-37-35-32-29-26-23-20-17-14-11-8-5-2/h8,11,16-21,25-30,34-37,39-40,50,52,54,57,59,62,88-90,94-95H,4-7,9-10,12-15,22-24,31-33,38,41-49,51,53,55-56,58,60-61,63-87H2,1-3H3,(H,99,100)(H,101,102)/b11-8-,19-16-,20-17-,21-18-,28-25-,29-26-,30-27-,36-34-,37-35-,40-39-,54-50-,57-52-,62-59-. The Kier molecular flexibility index (Phi) is 80.9. The minimum Gasteiger partial charge on any atom is -0.463 e. The van der Waals surface area contributed by atoms with Crippen LogP contribution < -0.4 is 0 Å². The summed E-state index contributed by atoms with van der Waals surface area (Å²) in [4.78, 5) is 58.9. The van der Waals surface area contributed by atoms with Crippen molar-refractivity contribution in [3.8, 4) is 0 Å². The van der Waals surface area contributed by atoms with E-state index in [2.05, 4.69) is 179 Å². The second kappa shape index (κ2) is 84.6. The summed E-state index contributed by atoms with van der Waals surface area (Å²) in [6.45, 7) is 2.49. The molecule has 0 aliphatic heterocycles. The molecule has 5 unspecified atom stereocenters. The molecule has 0 saturated heterocycles. The third-order valence-corrected chi connectivity index (χ3v) is 20.1. The normalized spacial score (nSPS) is 14.6. The van der Waals surface area contributed by atoms with Crippen LogP contribution in [0.1, 0.15) is 355 Å². The predicted molar refractivity (Wildman–Crippen MR) is 463 cm³/mol. The van der Waals surface area contributed by atoms with Crippen LogP contribution in [0.5, 0.6) is 0 Å². The Labute approximate surface area is 676 Å². The van der Waals surface area contributed by atoms with Crippen LogP contribution in [0.4, 0.5) is 0 Å². The van der Waals surface area contributed by atoms with E-state index in [0.29, 0.717) is 19.3 Å². The van der Waals surface area contributed by atoms with Crippen molar-refractivity contribution >= 4 is 33.6 Å². The van der Waals surface area contributed by atoms with E-state index < -0.39 is 91.5 Å². The van der Waals surface area contributed by atoms with Crippen molar-refractivity contribution < 1.29 is 75.8 Å².